The van der Waals surface area contributed by atoms with Gasteiger partial charge < -0.3 is 0 Å². The normalized spacial score (nSPS) is 26.6. The van der Waals surface area contributed by atoms with Crippen molar-refractivity contribution in [2.24, 2.45) is 0 Å². The molecule has 2 aliphatic heterocycles. The first kappa shape index (κ1) is 13.4. The summed E-state index contributed by atoms with van der Waals surface area (Å²) >= 11 is 1.05. The third kappa shape index (κ3) is 1.95. The SMILES string of the molecule is C=C1CC2CCC(C1)N2S(=O)(=O)c1cccc2nsnc12. The van der Waals surface area contributed by atoms with Crippen LogP contribution in [0.1, 0.15) is 25.7 Å². The van der Waals surface area contributed by atoms with Gasteiger partial charge in [0, 0.05) is 12.1 Å². The molecule has 2 atom stereocenters. The summed E-state index contributed by atoms with van der Waals surface area (Å²) in [6, 6.07) is 5.29. The second-order valence-electron chi connectivity index (χ2n) is 5.77. The van der Waals surface area contributed by atoms with Crippen molar-refractivity contribution >= 4 is 32.8 Å². The lowest BCUT2D eigenvalue weighted by Crippen LogP contribution is -2.44. The minimum Gasteiger partial charge on any atom is -0.207 e. The average molecular weight is 321 g/mol. The molecule has 0 spiro atoms. The maximum Gasteiger partial charge on any atom is 0.245 e. The Morgan fingerprint density at radius 2 is 1.90 bits per heavy atom. The second-order valence-corrected chi connectivity index (χ2v) is 8.11. The van der Waals surface area contributed by atoms with Crippen LogP contribution >= 0.6 is 11.7 Å². The quantitative estimate of drug-likeness (QED) is 0.798. The molecule has 7 heteroatoms. The van der Waals surface area contributed by atoms with Gasteiger partial charge in [0.1, 0.15) is 15.9 Å². The fraction of sp³-hybridized carbons (Fsp3) is 0.429. The summed E-state index contributed by atoms with van der Waals surface area (Å²) in [4.78, 5) is 0.290. The van der Waals surface area contributed by atoms with Crippen LogP contribution in [0, 0.1) is 0 Å². The van der Waals surface area contributed by atoms with Crippen molar-refractivity contribution in [2.75, 3.05) is 0 Å². The summed E-state index contributed by atoms with van der Waals surface area (Å²) in [6.07, 6.45) is 3.41. The van der Waals surface area contributed by atoms with Crippen molar-refractivity contribution in [2.45, 2.75) is 42.7 Å². The largest absolute Gasteiger partial charge is 0.245 e. The molecule has 0 radical (unpaired) electrons. The number of hydrogen-bond acceptors (Lipinski definition) is 5. The van der Waals surface area contributed by atoms with Crippen molar-refractivity contribution in [1.82, 2.24) is 13.1 Å². The van der Waals surface area contributed by atoms with Gasteiger partial charge in [0.05, 0.1) is 11.7 Å². The lowest BCUT2D eigenvalue weighted by molar-refractivity contribution is 0.286. The van der Waals surface area contributed by atoms with E-state index in [1.807, 2.05) is 0 Å². The van der Waals surface area contributed by atoms with E-state index in [9.17, 15) is 8.42 Å². The molecule has 2 fully saturated rings. The third-order valence-electron chi connectivity index (χ3n) is 4.41. The molecule has 0 saturated carbocycles. The monoisotopic (exact) mass is 321 g/mol. The Morgan fingerprint density at radius 1 is 1.19 bits per heavy atom. The van der Waals surface area contributed by atoms with E-state index in [1.54, 1.807) is 22.5 Å². The summed E-state index contributed by atoms with van der Waals surface area (Å²) in [5, 5.41) is 0. The molecule has 1 aromatic heterocycles. The van der Waals surface area contributed by atoms with Crippen LogP contribution < -0.4 is 0 Å². The molecule has 0 amide bonds. The van der Waals surface area contributed by atoms with E-state index in [1.165, 1.54) is 5.57 Å². The van der Waals surface area contributed by atoms with Crippen LogP contribution in [0.2, 0.25) is 0 Å². The lowest BCUT2D eigenvalue weighted by Gasteiger charge is -2.34. The number of piperidine rings is 1. The Bertz CT molecular complexity index is 812. The predicted molar refractivity (Wildman–Crippen MR) is 81.6 cm³/mol. The summed E-state index contributed by atoms with van der Waals surface area (Å²) < 4.78 is 36.2. The van der Waals surface area contributed by atoms with Crippen LogP contribution in [-0.2, 0) is 10.0 Å². The van der Waals surface area contributed by atoms with Crippen LogP contribution in [0.5, 0.6) is 0 Å². The van der Waals surface area contributed by atoms with E-state index in [-0.39, 0.29) is 17.0 Å². The number of hydrogen-bond donors (Lipinski definition) is 0. The number of sulfonamides is 1. The highest BCUT2D eigenvalue weighted by Gasteiger charge is 2.45. The predicted octanol–water partition coefficient (Wildman–Crippen LogP) is 2.56. The number of fused-ring (bicyclic) bond motifs is 3. The number of benzene rings is 1. The molecule has 2 aliphatic rings. The molecule has 0 aliphatic carbocycles. The molecule has 0 N–H and O–H groups in total. The topological polar surface area (TPSA) is 63.2 Å². The molecular weight excluding hydrogens is 306 g/mol. The van der Waals surface area contributed by atoms with Crippen molar-refractivity contribution < 1.29 is 8.42 Å². The maximum atomic E-state index is 13.1. The summed E-state index contributed by atoms with van der Waals surface area (Å²) in [7, 11) is -3.52. The highest BCUT2D eigenvalue weighted by atomic mass is 32.2. The summed E-state index contributed by atoms with van der Waals surface area (Å²) in [6.45, 7) is 4.04. The zero-order chi connectivity index (χ0) is 14.6. The molecule has 110 valence electrons. The van der Waals surface area contributed by atoms with Gasteiger partial charge >= 0.3 is 0 Å². The highest BCUT2D eigenvalue weighted by molar-refractivity contribution is 7.89. The minimum atomic E-state index is -3.52. The second kappa shape index (κ2) is 4.59. The first-order valence-corrected chi connectivity index (χ1v) is 9.16. The fourth-order valence-electron chi connectivity index (χ4n) is 3.57. The minimum absolute atomic E-state index is 0.0584. The standard InChI is InChI=1S/C14H15N3O2S2/c1-9-7-10-5-6-11(8-9)17(10)21(18,19)13-4-2-3-12-14(13)16-20-15-12/h2-4,10-11H,1,5-8H2. The van der Waals surface area contributed by atoms with Crippen LogP contribution in [-0.4, -0.2) is 33.6 Å². The molecule has 21 heavy (non-hydrogen) atoms. The Hall–Kier alpha value is -1.31. The van der Waals surface area contributed by atoms with Crippen molar-refractivity contribution in [1.29, 1.82) is 0 Å². The number of nitrogens with zero attached hydrogens (tertiary/aromatic N) is 3. The molecule has 2 aromatic rings. The number of rotatable bonds is 2. The van der Waals surface area contributed by atoms with Gasteiger partial charge in [0.15, 0.2) is 0 Å². The van der Waals surface area contributed by atoms with Gasteiger partial charge in [-0.15, -0.1) is 0 Å². The Kier molecular flexibility index (Phi) is 2.92. The van der Waals surface area contributed by atoms with Crippen molar-refractivity contribution in [3.8, 4) is 0 Å². The van der Waals surface area contributed by atoms with E-state index >= 15 is 0 Å². The Balaban J connectivity index is 1.84. The molecule has 2 saturated heterocycles. The van der Waals surface area contributed by atoms with E-state index in [0.717, 1.165) is 37.4 Å². The van der Waals surface area contributed by atoms with Gasteiger partial charge in [-0.05, 0) is 37.8 Å². The molecule has 5 nitrogen and oxygen atoms in total. The van der Waals surface area contributed by atoms with E-state index in [2.05, 4.69) is 15.3 Å². The van der Waals surface area contributed by atoms with Crippen LogP contribution in [0.3, 0.4) is 0 Å². The molecular formula is C14H15N3O2S2. The van der Waals surface area contributed by atoms with Gasteiger partial charge in [-0.1, -0.05) is 18.2 Å². The molecule has 4 rings (SSSR count). The Labute approximate surface area is 127 Å². The molecule has 2 bridgehead atoms. The van der Waals surface area contributed by atoms with Gasteiger partial charge in [-0.2, -0.15) is 13.1 Å². The van der Waals surface area contributed by atoms with E-state index in [0.29, 0.717) is 11.0 Å². The molecule has 2 unspecified atom stereocenters. The zero-order valence-corrected chi connectivity index (χ0v) is 13.0. The maximum absolute atomic E-state index is 13.1. The van der Waals surface area contributed by atoms with Gasteiger partial charge in [0.25, 0.3) is 0 Å². The first-order valence-electron chi connectivity index (χ1n) is 6.99. The number of aromatic nitrogens is 2. The van der Waals surface area contributed by atoms with Gasteiger partial charge in [-0.25, -0.2) is 8.42 Å². The highest BCUT2D eigenvalue weighted by Crippen LogP contribution is 2.42. The van der Waals surface area contributed by atoms with E-state index < -0.39 is 10.0 Å². The van der Waals surface area contributed by atoms with Gasteiger partial charge in [0.2, 0.25) is 10.0 Å². The van der Waals surface area contributed by atoms with Gasteiger partial charge in [-0.3, -0.25) is 0 Å². The van der Waals surface area contributed by atoms with Crippen molar-refractivity contribution in [3.05, 3.63) is 30.4 Å². The smallest absolute Gasteiger partial charge is 0.207 e. The average Bonchev–Trinajstić information content (AvgIpc) is 3.01. The summed E-state index contributed by atoms with van der Waals surface area (Å²) in [5.41, 5.74) is 2.31. The van der Waals surface area contributed by atoms with Crippen molar-refractivity contribution in [3.63, 3.8) is 0 Å². The zero-order valence-electron chi connectivity index (χ0n) is 11.4. The molecule has 3 heterocycles. The van der Waals surface area contributed by atoms with E-state index in [4.69, 9.17) is 0 Å². The first-order chi connectivity index (χ1) is 10.1. The summed E-state index contributed by atoms with van der Waals surface area (Å²) in [5.74, 6) is 0. The fourth-order valence-corrected chi connectivity index (χ4v) is 6.19. The van der Waals surface area contributed by atoms with Crippen LogP contribution in [0.25, 0.3) is 11.0 Å². The molecule has 1 aromatic carbocycles. The van der Waals surface area contributed by atoms with Crippen LogP contribution in [0.4, 0.5) is 0 Å². The Morgan fingerprint density at radius 3 is 2.62 bits per heavy atom. The lowest BCUT2D eigenvalue weighted by atomic mass is 10.0. The third-order valence-corrected chi connectivity index (χ3v) is 6.99. The van der Waals surface area contributed by atoms with Crippen LogP contribution in [0.15, 0.2) is 35.2 Å².